The summed E-state index contributed by atoms with van der Waals surface area (Å²) < 4.78 is 0. The Labute approximate surface area is 98.2 Å². The van der Waals surface area contributed by atoms with E-state index in [2.05, 4.69) is 42.7 Å². The van der Waals surface area contributed by atoms with Crippen molar-refractivity contribution in [3.8, 4) is 0 Å². The molecule has 0 aliphatic carbocycles. The Balaban J connectivity index is 2.78. The first-order chi connectivity index (χ1) is 7.65. The number of hydrogen-bond donors (Lipinski definition) is 1. The van der Waals surface area contributed by atoms with E-state index in [1.807, 2.05) is 24.5 Å². The van der Waals surface area contributed by atoms with Crippen molar-refractivity contribution in [2.45, 2.75) is 26.4 Å². The zero-order valence-electron chi connectivity index (χ0n) is 10.4. The van der Waals surface area contributed by atoms with E-state index < -0.39 is 0 Å². The third-order valence-electron chi connectivity index (χ3n) is 2.39. The van der Waals surface area contributed by atoms with Gasteiger partial charge in [0.1, 0.15) is 0 Å². The Morgan fingerprint density at radius 1 is 1.56 bits per heavy atom. The molecule has 0 bridgehead atoms. The van der Waals surface area contributed by atoms with Crippen LogP contribution in [0.15, 0.2) is 31.1 Å². The van der Waals surface area contributed by atoms with Gasteiger partial charge in [0.2, 0.25) is 0 Å². The summed E-state index contributed by atoms with van der Waals surface area (Å²) >= 11 is 0. The first-order valence-corrected chi connectivity index (χ1v) is 5.63. The van der Waals surface area contributed by atoms with Crippen molar-refractivity contribution in [3.63, 3.8) is 0 Å². The molecule has 16 heavy (non-hydrogen) atoms. The second kappa shape index (κ2) is 6.28. The van der Waals surface area contributed by atoms with E-state index >= 15 is 0 Å². The first kappa shape index (κ1) is 12.7. The number of aromatic nitrogens is 1. The number of rotatable bonds is 6. The second-order valence-corrected chi connectivity index (χ2v) is 4.21. The minimum absolute atomic E-state index is 0.484. The van der Waals surface area contributed by atoms with E-state index in [0.717, 1.165) is 13.1 Å². The van der Waals surface area contributed by atoms with Crippen molar-refractivity contribution < 1.29 is 0 Å². The van der Waals surface area contributed by atoms with E-state index in [-0.39, 0.29) is 0 Å². The van der Waals surface area contributed by atoms with Crippen LogP contribution in [0.25, 0.3) is 0 Å². The number of likely N-dealkylation sites (N-methyl/N-ethyl adjacent to an activating group) is 1. The quantitative estimate of drug-likeness (QED) is 0.743. The van der Waals surface area contributed by atoms with Crippen LogP contribution in [0.1, 0.15) is 19.4 Å². The lowest BCUT2D eigenvalue weighted by Crippen LogP contribution is -2.25. The topological polar surface area (TPSA) is 28.2 Å². The Morgan fingerprint density at radius 2 is 2.31 bits per heavy atom. The van der Waals surface area contributed by atoms with E-state index in [4.69, 9.17) is 0 Å². The van der Waals surface area contributed by atoms with Crippen LogP contribution in [-0.4, -0.2) is 24.6 Å². The standard InChI is InChI=1S/C13H21N3/c1-5-8-16(4)13-6-7-14-9-12(13)10-15-11(2)3/h5-7,9,11,15H,1,8,10H2,2-4H3. The van der Waals surface area contributed by atoms with Crippen LogP contribution in [0.4, 0.5) is 5.69 Å². The molecular weight excluding hydrogens is 198 g/mol. The normalized spacial score (nSPS) is 10.5. The van der Waals surface area contributed by atoms with Crippen LogP contribution in [-0.2, 0) is 6.54 Å². The summed E-state index contributed by atoms with van der Waals surface area (Å²) in [6.45, 7) is 9.74. The number of nitrogens with zero attached hydrogens (tertiary/aromatic N) is 2. The summed E-state index contributed by atoms with van der Waals surface area (Å²) in [7, 11) is 2.07. The molecule has 88 valence electrons. The fourth-order valence-electron chi connectivity index (χ4n) is 1.53. The Morgan fingerprint density at radius 3 is 2.94 bits per heavy atom. The van der Waals surface area contributed by atoms with Gasteiger partial charge in [0.15, 0.2) is 0 Å². The third kappa shape index (κ3) is 3.66. The zero-order valence-corrected chi connectivity index (χ0v) is 10.4. The number of nitrogens with one attached hydrogen (secondary N) is 1. The number of anilines is 1. The highest BCUT2D eigenvalue weighted by molar-refractivity contribution is 5.51. The Bertz CT molecular complexity index is 334. The predicted molar refractivity (Wildman–Crippen MR) is 69.7 cm³/mol. The summed E-state index contributed by atoms with van der Waals surface area (Å²) in [4.78, 5) is 6.35. The van der Waals surface area contributed by atoms with E-state index in [1.165, 1.54) is 11.3 Å². The van der Waals surface area contributed by atoms with Crippen molar-refractivity contribution >= 4 is 5.69 Å². The Kier molecular flexibility index (Phi) is 4.99. The molecule has 0 atom stereocenters. The van der Waals surface area contributed by atoms with Gasteiger partial charge in [-0.25, -0.2) is 0 Å². The van der Waals surface area contributed by atoms with E-state index in [1.54, 1.807) is 0 Å². The molecule has 0 unspecified atom stereocenters. The van der Waals surface area contributed by atoms with Crippen LogP contribution < -0.4 is 10.2 Å². The van der Waals surface area contributed by atoms with Crippen LogP contribution in [0.2, 0.25) is 0 Å². The molecule has 0 spiro atoms. The molecule has 0 aliphatic heterocycles. The number of hydrogen-bond acceptors (Lipinski definition) is 3. The van der Waals surface area contributed by atoms with Gasteiger partial charge in [0.25, 0.3) is 0 Å². The SMILES string of the molecule is C=CCN(C)c1ccncc1CNC(C)C. The molecule has 0 radical (unpaired) electrons. The minimum Gasteiger partial charge on any atom is -0.371 e. The highest BCUT2D eigenvalue weighted by atomic mass is 15.1. The van der Waals surface area contributed by atoms with Crippen molar-refractivity contribution in [3.05, 3.63) is 36.7 Å². The van der Waals surface area contributed by atoms with Gasteiger partial charge in [-0.1, -0.05) is 19.9 Å². The van der Waals surface area contributed by atoms with Gasteiger partial charge in [0, 0.05) is 49.8 Å². The first-order valence-electron chi connectivity index (χ1n) is 5.63. The van der Waals surface area contributed by atoms with Crippen molar-refractivity contribution in [1.82, 2.24) is 10.3 Å². The van der Waals surface area contributed by atoms with E-state index in [9.17, 15) is 0 Å². The minimum atomic E-state index is 0.484. The fourth-order valence-corrected chi connectivity index (χ4v) is 1.53. The smallest absolute Gasteiger partial charge is 0.0443 e. The van der Waals surface area contributed by atoms with Crippen LogP contribution in [0, 0.1) is 0 Å². The average Bonchev–Trinajstić information content (AvgIpc) is 2.27. The molecule has 1 N–H and O–H groups in total. The maximum Gasteiger partial charge on any atom is 0.0443 e. The molecule has 0 saturated heterocycles. The summed E-state index contributed by atoms with van der Waals surface area (Å²) in [5.41, 5.74) is 2.43. The molecule has 1 heterocycles. The van der Waals surface area contributed by atoms with Gasteiger partial charge in [-0.05, 0) is 6.07 Å². The van der Waals surface area contributed by atoms with Gasteiger partial charge in [-0.15, -0.1) is 6.58 Å². The van der Waals surface area contributed by atoms with Crippen molar-refractivity contribution in [2.24, 2.45) is 0 Å². The summed E-state index contributed by atoms with van der Waals surface area (Å²) in [6.07, 6.45) is 5.65. The van der Waals surface area contributed by atoms with Gasteiger partial charge in [0.05, 0.1) is 0 Å². The predicted octanol–water partition coefficient (Wildman–Crippen LogP) is 2.20. The van der Waals surface area contributed by atoms with Gasteiger partial charge >= 0.3 is 0 Å². The lowest BCUT2D eigenvalue weighted by Gasteiger charge is -2.21. The van der Waals surface area contributed by atoms with Gasteiger partial charge < -0.3 is 10.2 Å². The molecular formula is C13H21N3. The van der Waals surface area contributed by atoms with Gasteiger partial charge in [-0.2, -0.15) is 0 Å². The molecule has 0 aromatic carbocycles. The molecule has 1 rings (SSSR count). The molecule has 0 saturated carbocycles. The Hall–Kier alpha value is -1.35. The van der Waals surface area contributed by atoms with Crippen LogP contribution in [0.3, 0.4) is 0 Å². The maximum atomic E-state index is 4.17. The lowest BCUT2D eigenvalue weighted by molar-refractivity contribution is 0.587. The van der Waals surface area contributed by atoms with Crippen LogP contribution >= 0.6 is 0 Å². The van der Waals surface area contributed by atoms with E-state index in [0.29, 0.717) is 6.04 Å². The highest BCUT2D eigenvalue weighted by Gasteiger charge is 2.06. The molecule has 1 aromatic heterocycles. The van der Waals surface area contributed by atoms with Gasteiger partial charge in [-0.3, -0.25) is 4.98 Å². The second-order valence-electron chi connectivity index (χ2n) is 4.21. The monoisotopic (exact) mass is 219 g/mol. The molecule has 0 fully saturated rings. The fraction of sp³-hybridized carbons (Fsp3) is 0.462. The molecule has 3 heteroatoms. The van der Waals surface area contributed by atoms with Crippen LogP contribution in [0.5, 0.6) is 0 Å². The summed E-state index contributed by atoms with van der Waals surface area (Å²) in [5, 5.41) is 3.41. The average molecular weight is 219 g/mol. The van der Waals surface area contributed by atoms with Crippen molar-refractivity contribution in [2.75, 3.05) is 18.5 Å². The summed E-state index contributed by atoms with van der Waals surface area (Å²) in [6, 6.07) is 2.53. The summed E-state index contributed by atoms with van der Waals surface area (Å²) in [5.74, 6) is 0. The molecule has 1 aromatic rings. The highest BCUT2D eigenvalue weighted by Crippen LogP contribution is 2.17. The zero-order chi connectivity index (χ0) is 12.0. The maximum absolute atomic E-state index is 4.17. The molecule has 0 amide bonds. The number of pyridine rings is 1. The third-order valence-corrected chi connectivity index (χ3v) is 2.39. The molecule has 3 nitrogen and oxygen atoms in total. The molecule has 0 aliphatic rings. The van der Waals surface area contributed by atoms with Crippen molar-refractivity contribution in [1.29, 1.82) is 0 Å². The lowest BCUT2D eigenvalue weighted by atomic mass is 10.2. The largest absolute Gasteiger partial charge is 0.371 e.